The molecule has 0 aliphatic rings. The maximum absolute atomic E-state index is 5.89. The second-order valence-electron chi connectivity index (χ2n) is 5.34. The Morgan fingerprint density at radius 3 is 2.32 bits per heavy atom. The molecule has 0 unspecified atom stereocenters. The molecule has 0 saturated heterocycles. The van der Waals surface area contributed by atoms with Crippen LogP contribution in [0.4, 0.5) is 11.5 Å². The molecule has 2 rings (SSSR count). The minimum absolute atomic E-state index is 0.338. The van der Waals surface area contributed by atoms with Gasteiger partial charge in [0, 0.05) is 11.9 Å². The van der Waals surface area contributed by atoms with Gasteiger partial charge >= 0.3 is 0 Å². The fourth-order valence-electron chi connectivity index (χ4n) is 1.82. The van der Waals surface area contributed by atoms with Crippen molar-refractivity contribution in [2.24, 2.45) is 10.7 Å². The van der Waals surface area contributed by atoms with Gasteiger partial charge in [0.15, 0.2) is 11.8 Å². The van der Waals surface area contributed by atoms with Gasteiger partial charge in [0.2, 0.25) is 0 Å². The fraction of sp³-hybridized carbons (Fsp3) is 0.333. The molecule has 0 bridgehead atoms. The minimum atomic E-state index is 0.338. The number of nitrogens with two attached hydrogens (primary N) is 1. The molecule has 0 atom stereocenters. The van der Waals surface area contributed by atoms with Crippen LogP contribution in [-0.4, -0.2) is 10.9 Å². The fourth-order valence-corrected chi connectivity index (χ4v) is 1.82. The number of pyridine rings is 1. The van der Waals surface area contributed by atoms with Crippen molar-refractivity contribution >= 4 is 17.5 Å². The zero-order valence-corrected chi connectivity index (χ0v) is 14.1. The van der Waals surface area contributed by atoms with Crippen molar-refractivity contribution < 1.29 is 0 Å². The third kappa shape index (κ3) is 5.95. The number of aliphatic imine (C=N–C) groups is 1. The van der Waals surface area contributed by atoms with Crippen molar-refractivity contribution in [1.29, 1.82) is 0 Å². The number of aromatic nitrogens is 1. The predicted octanol–water partition coefficient (Wildman–Crippen LogP) is 4.48. The van der Waals surface area contributed by atoms with Gasteiger partial charge in [0.05, 0.1) is 0 Å². The van der Waals surface area contributed by atoms with Gasteiger partial charge in [-0.05, 0) is 50.1 Å². The highest BCUT2D eigenvalue weighted by Gasteiger charge is 2.00. The van der Waals surface area contributed by atoms with Crippen molar-refractivity contribution in [2.75, 3.05) is 5.32 Å². The molecule has 2 aromatic rings. The summed E-state index contributed by atoms with van der Waals surface area (Å²) in [5.41, 5.74) is 10.3. The van der Waals surface area contributed by atoms with Gasteiger partial charge in [0.25, 0.3) is 0 Å². The summed E-state index contributed by atoms with van der Waals surface area (Å²) >= 11 is 0. The van der Waals surface area contributed by atoms with Crippen LogP contribution in [0, 0.1) is 20.8 Å². The van der Waals surface area contributed by atoms with Crippen LogP contribution in [0.2, 0.25) is 0 Å². The Hall–Kier alpha value is -2.36. The molecule has 0 saturated carbocycles. The number of hydrogen-bond donors (Lipinski definition) is 2. The minimum Gasteiger partial charge on any atom is -0.369 e. The van der Waals surface area contributed by atoms with Gasteiger partial charge in [-0.3, -0.25) is 0 Å². The highest BCUT2D eigenvalue weighted by molar-refractivity contribution is 5.94. The van der Waals surface area contributed by atoms with Crippen LogP contribution < -0.4 is 11.1 Å². The van der Waals surface area contributed by atoms with Gasteiger partial charge in [-0.15, -0.1) is 0 Å². The summed E-state index contributed by atoms with van der Waals surface area (Å²) in [6.07, 6.45) is 2.97. The number of anilines is 1. The van der Waals surface area contributed by atoms with E-state index in [4.69, 9.17) is 5.73 Å². The van der Waals surface area contributed by atoms with E-state index in [1.54, 1.807) is 6.20 Å². The van der Waals surface area contributed by atoms with Crippen LogP contribution in [0.15, 0.2) is 41.5 Å². The Labute approximate surface area is 133 Å². The molecule has 0 aliphatic carbocycles. The van der Waals surface area contributed by atoms with E-state index in [0.29, 0.717) is 11.8 Å². The number of rotatable bonds is 2. The second-order valence-corrected chi connectivity index (χ2v) is 5.34. The van der Waals surface area contributed by atoms with Crippen molar-refractivity contribution in [3.05, 3.63) is 53.2 Å². The van der Waals surface area contributed by atoms with E-state index >= 15 is 0 Å². The van der Waals surface area contributed by atoms with E-state index in [0.717, 1.165) is 16.8 Å². The lowest BCUT2D eigenvalue weighted by Gasteiger charge is -2.09. The van der Waals surface area contributed by atoms with E-state index in [1.807, 2.05) is 38.1 Å². The second kappa shape index (κ2) is 8.82. The van der Waals surface area contributed by atoms with Gasteiger partial charge in [-0.2, -0.15) is 4.99 Å². The van der Waals surface area contributed by atoms with Crippen LogP contribution in [0.5, 0.6) is 0 Å². The lowest BCUT2D eigenvalue weighted by Crippen LogP contribution is -2.22. The molecule has 4 nitrogen and oxygen atoms in total. The number of aryl methyl sites for hydroxylation is 3. The smallest absolute Gasteiger partial charge is 0.199 e. The molecule has 0 radical (unpaired) electrons. The normalized spacial score (nSPS) is 10.7. The molecule has 3 N–H and O–H groups in total. The van der Waals surface area contributed by atoms with Gasteiger partial charge < -0.3 is 11.1 Å². The molecule has 1 heterocycles. The van der Waals surface area contributed by atoms with E-state index in [9.17, 15) is 0 Å². The van der Waals surface area contributed by atoms with Gasteiger partial charge in [-0.25, -0.2) is 4.98 Å². The quantitative estimate of drug-likeness (QED) is 0.634. The number of guanidine groups is 1. The van der Waals surface area contributed by atoms with Crippen molar-refractivity contribution in [3.63, 3.8) is 0 Å². The van der Waals surface area contributed by atoms with Crippen molar-refractivity contribution in [3.8, 4) is 0 Å². The molecule has 0 spiro atoms. The SMILES string of the molecule is CCC.Cc1ccnc(N=C(N)Nc2ccc(C)cc2C)c1. The zero-order valence-electron chi connectivity index (χ0n) is 14.1. The van der Waals surface area contributed by atoms with Crippen molar-refractivity contribution in [2.45, 2.75) is 41.0 Å². The molecule has 0 amide bonds. The summed E-state index contributed by atoms with van der Waals surface area (Å²) in [5.74, 6) is 0.944. The third-order valence-corrected chi connectivity index (χ3v) is 2.78. The number of nitrogens with one attached hydrogen (secondary N) is 1. The molecule has 22 heavy (non-hydrogen) atoms. The average Bonchev–Trinajstić information content (AvgIpc) is 2.43. The maximum atomic E-state index is 5.89. The Balaban J connectivity index is 0.000000745. The highest BCUT2D eigenvalue weighted by atomic mass is 15.1. The molecule has 0 fully saturated rings. The van der Waals surface area contributed by atoms with E-state index in [2.05, 4.69) is 42.1 Å². The molecule has 1 aromatic carbocycles. The lowest BCUT2D eigenvalue weighted by molar-refractivity contribution is 1.09. The molecular weight excluding hydrogens is 272 g/mol. The first kappa shape index (κ1) is 17.7. The van der Waals surface area contributed by atoms with Crippen LogP contribution >= 0.6 is 0 Å². The topological polar surface area (TPSA) is 63.3 Å². The standard InChI is InChI=1S/C15H18N4.C3H8/c1-10-4-5-13(12(3)8-10)18-15(16)19-14-9-11(2)6-7-17-14;1-3-2/h4-9H,1-3H3,(H3,16,17,18,19);3H2,1-2H3. The lowest BCUT2D eigenvalue weighted by atomic mass is 10.1. The monoisotopic (exact) mass is 298 g/mol. The third-order valence-electron chi connectivity index (χ3n) is 2.78. The average molecular weight is 298 g/mol. The molecule has 1 aromatic heterocycles. The van der Waals surface area contributed by atoms with Crippen LogP contribution in [0.1, 0.15) is 37.0 Å². The number of hydrogen-bond acceptors (Lipinski definition) is 2. The summed E-state index contributed by atoms with van der Waals surface area (Å²) in [7, 11) is 0. The summed E-state index contributed by atoms with van der Waals surface area (Å²) in [5, 5.41) is 3.09. The van der Waals surface area contributed by atoms with Gasteiger partial charge in [0.1, 0.15) is 0 Å². The van der Waals surface area contributed by atoms with Crippen LogP contribution in [0.3, 0.4) is 0 Å². The van der Waals surface area contributed by atoms with Gasteiger partial charge in [-0.1, -0.05) is 38.0 Å². The number of nitrogens with zero attached hydrogens (tertiary/aromatic N) is 2. The first-order valence-electron chi connectivity index (χ1n) is 7.57. The Morgan fingerprint density at radius 1 is 1.09 bits per heavy atom. The van der Waals surface area contributed by atoms with E-state index in [1.165, 1.54) is 12.0 Å². The molecule has 0 aliphatic heterocycles. The van der Waals surface area contributed by atoms with E-state index < -0.39 is 0 Å². The first-order valence-corrected chi connectivity index (χ1v) is 7.57. The Morgan fingerprint density at radius 2 is 1.73 bits per heavy atom. The highest BCUT2D eigenvalue weighted by Crippen LogP contribution is 2.16. The summed E-state index contributed by atoms with van der Waals surface area (Å²) in [6, 6.07) is 9.94. The van der Waals surface area contributed by atoms with E-state index in [-0.39, 0.29) is 0 Å². The molecule has 118 valence electrons. The first-order chi connectivity index (χ1) is 10.5. The zero-order chi connectivity index (χ0) is 16.5. The number of benzene rings is 1. The summed E-state index contributed by atoms with van der Waals surface area (Å²) in [4.78, 5) is 8.40. The Bertz CT molecular complexity index is 633. The van der Waals surface area contributed by atoms with Crippen LogP contribution in [0.25, 0.3) is 0 Å². The molecule has 4 heteroatoms. The maximum Gasteiger partial charge on any atom is 0.199 e. The summed E-state index contributed by atoms with van der Waals surface area (Å²) < 4.78 is 0. The van der Waals surface area contributed by atoms with Crippen LogP contribution in [-0.2, 0) is 0 Å². The largest absolute Gasteiger partial charge is 0.369 e. The van der Waals surface area contributed by atoms with Crippen molar-refractivity contribution in [1.82, 2.24) is 4.98 Å². The Kier molecular flexibility index (Phi) is 7.09. The molecular formula is C18H26N4. The summed E-state index contributed by atoms with van der Waals surface area (Å²) in [6.45, 7) is 10.3. The predicted molar refractivity (Wildman–Crippen MR) is 95.8 cm³/mol.